The molecule has 2 aromatic carbocycles. The first-order valence-electron chi connectivity index (χ1n) is 15.9. The van der Waals surface area contributed by atoms with E-state index in [1.807, 2.05) is 18.2 Å². The number of sulfone groups is 1. The molecule has 0 aliphatic carbocycles. The third kappa shape index (κ3) is 11.4. The molecule has 0 bridgehead atoms. The van der Waals surface area contributed by atoms with Crippen LogP contribution >= 0.6 is 0 Å². The van der Waals surface area contributed by atoms with Crippen LogP contribution in [0, 0.1) is 0 Å². The number of rotatable bonds is 5. The number of nitrogens with one attached hydrogen (secondary N) is 4. The van der Waals surface area contributed by atoms with Crippen molar-refractivity contribution in [3.8, 4) is 0 Å². The standard InChI is InChI=1S/C33H45N5O8S/c1-47(43,44)27-11-9-25(10-12-27)23-36-28-8-5-15-34-29(39)22-33(37-30(40)24-46-21-20-45-19-16-35-31(28)41)13-17-38(18-14-33)32(42)26-6-3-2-4-7-26/h2-4,6-7,9-12,28,36H,5,8,13-24H2,1H3,(H,34,39)(H,35,41)(H,37,40)/t28-/m0/s1. The van der Waals surface area contributed by atoms with Crippen molar-refractivity contribution in [3.63, 3.8) is 0 Å². The molecule has 2 heterocycles. The van der Waals surface area contributed by atoms with Crippen molar-refractivity contribution in [2.24, 2.45) is 0 Å². The number of carbonyl (C=O) groups excluding carboxylic acids is 4. The molecule has 0 unspecified atom stereocenters. The van der Waals surface area contributed by atoms with Crippen LogP contribution in [0.4, 0.5) is 0 Å². The van der Waals surface area contributed by atoms with Gasteiger partial charge in [-0.05, 0) is 55.5 Å². The Morgan fingerprint density at radius 1 is 0.915 bits per heavy atom. The zero-order valence-corrected chi connectivity index (χ0v) is 27.6. The molecule has 0 radical (unpaired) electrons. The number of hydrogen-bond donors (Lipinski definition) is 4. The summed E-state index contributed by atoms with van der Waals surface area (Å²) in [6, 6.07) is 14.9. The molecule has 0 aromatic heterocycles. The summed E-state index contributed by atoms with van der Waals surface area (Å²) in [5, 5.41) is 12.1. The van der Waals surface area contributed by atoms with Crippen molar-refractivity contribution >= 4 is 33.5 Å². The van der Waals surface area contributed by atoms with Crippen LogP contribution in [0.25, 0.3) is 0 Å². The van der Waals surface area contributed by atoms with Gasteiger partial charge in [-0.2, -0.15) is 0 Å². The molecule has 4 rings (SSSR count). The Bertz CT molecular complexity index is 1460. The molecular weight excluding hydrogens is 626 g/mol. The number of ether oxygens (including phenoxy) is 2. The Labute approximate surface area is 276 Å². The second-order valence-electron chi connectivity index (χ2n) is 12.0. The molecule has 1 atom stereocenters. The molecule has 4 N–H and O–H groups in total. The molecule has 2 aliphatic rings. The van der Waals surface area contributed by atoms with Crippen LogP contribution in [0.1, 0.15) is 48.0 Å². The van der Waals surface area contributed by atoms with Crippen LogP contribution in [0.5, 0.6) is 0 Å². The summed E-state index contributed by atoms with van der Waals surface area (Å²) in [7, 11) is -3.31. The summed E-state index contributed by atoms with van der Waals surface area (Å²) >= 11 is 0. The van der Waals surface area contributed by atoms with Crippen LogP contribution in [0.3, 0.4) is 0 Å². The second-order valence-corrected chi connectivity index (χ2v) is 14.0. The van der Waals surface area contributed by atoms with Crippen molar-refractivity contribution in [1.82, 2.24) is 26.2 Å². The Morgan fingerprint density at radius 3 is 2.32 bits per heavy atom. The van der Waals surface area contributed by atoms with E-state index >= 15 is 0 Å². The molecule has 2 fully saturated rings. The SMILES string of the molecule is CS(=O)(=O)c1ccc(CN[C@H]2CCCNC(=O)CC3(CCN(C(=O)c4ccccc4)CC3)NC(=O)COCCOCCNC2=O)cc1. The predicted octanol–water partition coefficient (Wildman–Crippen LogP) is 0.789. The molecule has 1 spiro atoms. The van der Waals surface area contributed by atoms with E-state index in [9.17, 15) is 27.6 Å². The number of nitrogens with zero attached hydrogens (tertiary/aromatic N) is 1. The summed E-state index contributed by atoms with van der Waals surface area (Å²) < 4.78 is 34.6. The molecule has 13 nitrogen and oxygen atoms in total. The van der Waals surface area contributed by atoms with Gasteiger partial charge >= 0.3 is 0 Å². The lowest BCUT2D eigenvalue weighted by molar-refractivity contribution is -0.130. The van der Waals surface area contributed by atoms with Crippen molar-refractivity contribution in [2.45, 2.75) is 55.1 Å². The third-order valence-electron chi connectivity index (χ3n) is 8.30. The number of likely N-dealkylation sites (tertiary alicyclic amines) is 1. The zero-order chi connectivity index (χ0) is 33.7. The largest absolute Gasteiger partial charge is 0.377 e. The number of hydrogen-bond acceptors (Lipinski definition) is 9. The van der Waals surface area contributed by atoms with Gasteiger partial charge < -0.3 is 35.6 Å². The van der Waals surface area contributed by atoms with Crippen molar-refractivity contribution < 1.29 is 37.1 Å². The van der Waals surface area contributed by atoms with Gasteiger partial charge in [0.25, 0.3) is 5.91 Å². The maximum atomic E-state index is 13.2. The molecular formula is C33H45N5O8S. The number of amides is 4. The minimum Gasteiger partial charge on any atom is -0.377 e. The molecule has 14 heteroatoms. The lowest BCUT2D eigenvalue weighted by atomic mass is 9.83. The highest BCUT2D eigenvalue weighted by molar-refractivity contribution is 7.90. The first kappa shape index (κ1) is 36.0. The monoisotopic (exact) mass is 671 g/mol. The van der Waals surface area contributed by atoms with E-state index < -0.39 is 21.4 Å². The van der Waals surface area contributed by atoms with Gasteiger partial charge in [-0.25, -0.2) is 8.42 Å². The van der Waals surface area contributed by atoms with E-state index in [4.69, 9.17) is 9.47 Å². The van der Waals surface area contributed by atoms with Crippen molar-refractivity contribution in [2.75, 3.05) is 58.9 Å². The fourth-order valence-electron chi connectivity index (χ4n) is 5.66. The Balaban J connectivity index is 1.37. The number of carbonyl (C=O) groups is 4. The third-order valence-corrected chi connectivity index (χ3v) is 9.42. The van der Waals surface area contributed by atoms with Gasteiger partial charge in [-0.15, -0.1) is 0 Å². The van der Waals surface area contributed by atoms with E-state index in [-0.39, 0.29) is 67.9 Å². The topological polar surface area (TPSA) is 172 Å². The lowest BCUT2D eigenvalue weighted by Gasteiger charge is -2.42. The quantitative estimate of drug-likeness (QED) is 0.359. The van der Waals surface area contributed by atoms with Crippen LogP contribution in [0.2, 0.25) is 0 Å². The molecule has 2 saturated heterocycles. The molecule has 2 aliphatic heterocycles. The van der Waals surface area contributed by atoms with Crippen LogP contribution in [0.15, 0.2) is 59.5 Å². The van der Waals surface area contributed by atoms with Gasteiger partial charge in [-0.1, -0.05) is 30.3 Å². The second kappa shape index (κ2) is 17.3. The zero-order valence-electron chi connectivity index (χ0n) is 26.8. The van der Waals surface area contributed by atoms with Gasteiger partial charge in [0.1, 0.15) is 6.61 Å². The fraction of sp³-hybridized carbons (Fsp3) is 0.515. The Morgan fingerprint density at radius 2 is 1.62 bits per heavy atom. The molecule has 47 heavy (non-hydrogen) atoms. The van der Waals surface area contributed by atoms with Crippen molar-refractivity contribution in [3.05, 3.63) is 65.7 Å². The summed E-state index contributed by atoms with van der Waals surface area (Å²) in [6.07, 6.45) is 2.95. The number of piperidine rings is 1. The summed E-state index contributed by atoms with van der Waals surface area (Å²) in [4.78, 5) is 54.0. The molecule has 0 saturated carbocycles. The summed E-state index contributed by atoms with van der Waals surface area (Å²) in [5.74, 6) is -0.882. The van der Waals surface area contributed by atoms with Crippen LogP contribution < -0.4 is 21.3 Å². The Hall–Kier alpha value is -3.85. The van der Waals surface area contributed by atoms with Crippen molar-refractivity contribution in [1.29, 1.82) is 0 Å². The minimum absolute atomic E-state index is 0.0425. The average Bonchev–Trinajstić information content (AvgIpc) is 3.05. The van der Waals surface area contributed by atoms with Gasteiger partial charge in [0.2, 0.25) is 17.7 Å². The first-order valence-corrected chi connectivity index (χ1v) is 17.8. The maximum Gasteiger partial charge on any atom is 0.253 e. The van der Waals surface area contributed by atoms with E-state index in [0.717, 1.165) is 11.8 Å². The first-order chi connectivity index (χ1) is 22.5. The van der Waals surface area contributed by atoms with Crippen LogP contribution in [-0.4, -0.2) is 107 Å². The normalized spacial score (nSPS) is 21.0. The lowest BCUT2D eigenvalue weighted by Crippen LogP contribution is -2.58. The predicted molar refractivity (Wildman–Crippen MR) is 174 cm³/mol. The minimum atomic E-state index is -3.31. The van der Waals surface area contributed by atoms with Gasteiger partial charge in [0.15, 0.2) is 9.84 Å². The van der Waals surface area contributed by atoms with E-state index in [1.54, 1.807) is 29.2 Å². The highest BCUT2D eigenvalue weighted by Gasteiger charge is 2.39. The average molecular weight is 672 g/mol. The number of benzene rings is 2. The smallest absolute Gasteiger partial charge is 0.253 e. The van der Waals surface area contributed by atoms with Gasteiger partial charge in [-0.3, -0.25) is 19.2 Å². The summed E-state index contributed by atoms with van der Waals surface area (Å²) in [6.45, 7) is 2.19. The fourth-order valence-corrected chi connectivity index (χ4v) is 6.29. The van der Waals surface area contributed by atoms with E-state index in [2.05, 4.69) is 21.3 Å². The highest BCUT2D eigenvalue weighted by atomic mass is 32.2. The highest BCUT2D eigenvalue weighted by Crippen LogP contribution is 2.27. The van der Waals surface area contributed by atoms with Crippen LogP contribution in [-0.2, 0) is 40.2 Å². The van der Waals surface area contributed by atoms with E-state index in [0.29, 0.717) is 57.4 Å². The van der Waals surface area contributed by atoms with Gasteiger partial charge in [0, 0.05) is 51.0 Å². The molecule has 256 valence electrons. The maximum absolute atomic E-state index is 13.2. The Kier molecular flexibility index (Phi) is 13.3. The molecule has 2 aromatic rings. The van der Waals surface area contributed by atoms with Gasteiger partial charge in [0.05, 0.1) is 36.3 Å². The van der Waals surface area contributed by atoms with E-state index in [1.165, 1.54) is 12.1 Å². The molecule has 4 amide bonds. The summed E-state index contributed by atoms with van der Waals surface area (Å²) in [5.41, 5.74) is 0.572.